The van der Waals surface area contributed by atoms with Crippen LogP contribution >= 0.6 is 0 Å². The Bertz CT molecular complexity index is 1180. The van der Waals surface area contributed by atoms with E-state index in [1.165, 1.54) is 0 Å². The van der Waals surface area contributed by atoms with Crippen molar-refractivity contribution in [1.82, 2.24) is 24.3 Å². The lowest BCUT2D eigenvalue weighted by Gasteiger charge is -2.31. The van der Waals surface area contributed by atoms with Gasteiger partial charge in [-0.1, -0.05) is 11.8 Å². The van der Waals surface area contributed by atoms with Gasteiger partial charge in [0.2, 0.25) is 0 Å². The minimum absolute atomic E-state index is 0.226. The smallest absolute Gasteiger partial charge is 0.410 e. The summed E-state index contributed by atoms with van der Waals surface area (Å²) in [4.78, 5) is 14.0. The maximum Gasteiger partial charge on any atom is 0.410 e. The van der Waals surface area contributed by atoms with E-state index in [2.05, 4.69) is 22.0 Å². The second-order valence-electron chi connectivity index (χ2n) is 9.06. The molecule has 0 radical (unpaired) electrons. The number of aryl methyl sites for hydroxylation is 1. The monoisotopic (exact) mass is 435 g/mol. The quantitative estimate of drug-likeness (QED) is 0.574. The van der Waals surface area contributed by atoms with E-state index in [0.717, 1.165) is 35.0 Å². The van der Waals surface area contributed by atoms with Gasteiger partial charge in [-0.15, -0.1) is 0 Å². The molecule has 0 aliphatic carbocycles. The maximum atomic E-state index is 12.3. The zero-order valence-corrected chi connectivity index (χ0v) is 19.3. The second kappa shape index (κ2) is 8.58. The molecule has 168 valence electrons. The van der Waals surface area contributed by atoms with Gasteiger partial charge in [-0.2, -0.15) is 10.2 Å². The SMILES string of the molecule is COc1cc(-c2cnn(C)c2)cn2ncc(C#CC3CCN(C(=O)OC(C)(C)C)CC3)c12. The Labute approximate surface area is 188 Å². The average molecular weight is 436 g/mol. The number of hydrogen-bond donors (Lipinski definition) is 0. The highest BCUT2D eigenvalue weighted by atomic mass is 16.6. The number of likely N-dealkylation sites (tertiary alicyclic amines) is 1. The molecule has 0 unspecified atom stereocenters. The zero-order valence-electron chi connectivity index (χ0n) is 19.3. The summed E-state index contributed by atoms with van der Waals surface area (Å²) in [6, 6.07) is 1.98. The van der Waals surface area contributed by atoms with Gasteiger partial charge in [0.1, 0.15) is 16.9 Å². The fourth-order valence-electron chi connectivity index (χ4n) is 3.77. The third-order valence-corrected chi connectivity index (χ3v) is 5.39. The molecule has 3 aromatic rings. The molecule has 0 aromatic carbocycles. The van der Waals surface area contributed by atoms with E-state index >= 15 is 0 Å². The fourth-order valence-corrected chi connectivity index (χ4v) is 3.77. The zero-order chi connectivity index (χ0) is 22.9. The van der Waals surface area contributed by atoms with E-state index in [4.69, 9.17) is 9.47 Å². The normalized spacial score (nSPS) is 14.8. The van der Waals surface area contributed by atoms with Crippen LogP contribution in [0.3, 0.4) is 0 Å². The van der Waals surface area contributed by atoms with Crippen LogP contribution in [0.2, 0.25) is 0 Å². The van der Waals surface area contributed by atoms with Crippen LogP contribution in [0.4, 0.5) is 4.79 Å². The van der Waals surface area contributed by atoms with Crippen LogP contribution in [-0.2, 0) is 11.8 Å². The molecule has 0 atom stereocenters. The fraction of sp³-hybridized carbons (Fsp3) is 0.458. The van der Waals surface area contributed by atoms with Crippen LogP contribution < -0.4 is 4.74 Å². The first-order valence-corrected chi connectivity index (χ1v) is 10.8. The first-order chi connectivity index (χ1) is 15.2. The number of amides is 1. The van der Waals surface area contributed by atoms with Gasteiger partial charge in [-0.05, 0) is 39.7 Å². The average Bonchev–Trinajstić information content (AvgIpc) is 3.37. The van der Waals surface area contributed by atoms with Crippen LogP contribution in [0.5, 0.6) is 5.75 Å². The van der Waals surface area contributed by atoms with Crippen LogP contribution in [0.25, 0.3) is 16.6 Å². The summed E-state index contributed by atoms with van der Waals surface area (Å²) in [6.45, 7) is 6.95. The molecule has 1 aliphatic rings. The number of pyridine rings is 1. The number of ether oxygens (including phenoxy) is 2. The van der Waals surface area contributed by atoms with Crippen molar-refractivity contribution in [2.24, 2.45) is 13.0 Å². The van der Waals surface area contributed by atoms with Gasteiger partial charge in [0.05, 0.1) is 25.1 Å². The molecule has 1 fully saturated rings. The molecule has 4 rings (SSSR count). The van der Waals surface area contributed by atoms with Crippen molar-refractivity contribution in [3.8, 4) is 28.7 Å². The van der Waals surface area contributed by atoms with Gasteiger partial charge in [-0.25, -0.2) is 9.31 Å². The number of methoxy groups -OCH3 is 1. The van der Waals surface area contributed by atoms with Crippen LogP contribution in [0.15, 0.2) is 30.9 Å². The van der Waals surface area contributed by atoms with E-state index < -0.39 is 5.60 Å². The van der Waals surface area contributed by atoms with Crippen molar-refractivity contribution in [3.63, 3.8) is 0 Å². The van der Waals surface area contributed by atoms with Crippen LogP contribution in [0, 0.1) is 17.8 Å². The number of carbonyl (C=O) groups is 1. The summed E-state index contributed by atoms with van der Waals surface area (Å²) in [5, 5.41) is 8.73. The Morgan fingerprint density at radius 3 is 2.50 bits per heavy atom. The Kier molecular flexibility index (Phi) is 5.83. The molecule has 1 aliphatic heterocycles. The van der Waals surface area contributed by atoms with Gasteiger partial charge < -0.3 is 14.4 Å². The van der Waals surface area contributed by atoms with Crippen LogP contribution in [-0.4, -0.2) is 56.2 Å². The Balaban J connectivity index is 1.50. The molecule has 8 nitrogen and oxygen atoms in total. The highest BCUT2D eigenvalue weighted by Crippen LogP contribution is 2.29. The number of nitrogens with zero attached hydrogens (tertiary/aromatic N) is 5. The Morgan fingerprint density at radius 2 is 1.88 bits per heavy atom. The number of piperidine rings is 1. The number of rotatable bonds is 2. The largest absolute Gasteiger partial charge is 0.494 e. The van der Waals surface area contributed by atoms with Crippen molar-refractivity contribution in [1.29, 1.82) is 0 Å². The molecule has 32 heavy (non-hydrogen) atoms. The summed E-state index contributed by atoms with van der Waals surface area (Å²) in [6.07, 6.45) is 8.90. The van der Waals surface area contributed by atoms with Crippen LogP contribution in [0.1, 0.15) is 39.2 Å². The summed E-state index contributed by atoms with van der Waals surface area (Å²) in [7, 11) is 3.54. The summed E-state index contributed by atoms with van der Waals surface area (Å²) in [5.74, 6) is 7.61. The number of fused-ring (bicyclic) bond motifs is 1. The molecule has 1 amide bonds. The van der Waals surface area contributed by atoms with Gasteiger partial charge in [0.15, 0.2) is 0 Å². The third-order valence-electron chi connectivity index (χ3n) is 5.39. The molecular weight excluding hydrogens is 406 g/mol. The molecule has 0 saturated carbocycles. The first-order valence-electron chi connectivity index (χ1n) is 10.8. The third kappa shape index (κ3) is 4.72. The molecule has 1 saturated heterocycles. The minimum Gasteiger partial charge on any atom is -0.494 e. The molecule has 0 bridgehead atoms. The van der Waals surface area contributed by atoms with Gasteiger partial charge in [-0.3, -0.25) is 4.68 Å². The topological polar surface area (TPSA) is 73.9 Å². The van der Waals surface area contributed by atoms with E-state index in [1.54, 1.807) is 27.4 Å². The summed E-state index contributed by atoms with van der Waals surface area (Å²) < 4.78 is 14.7. The molecule has 0 N–H and O–H groups in total. The van der Waals surface area contributed by atoms with Crippen molar-refractivity contribution >= 4 is 11.6 Å². The van der Waals surface area contributed by atoms with Gasteiger partial charge >= 0.3 is 6.09 Å². The summed E-state index contributed by atoms with van der Waals surface area (Å²) in [5.41, 5.74) is 3.16. The second-order valence-corrected chi connectivity index (χ2v) is 9.06. The lowest BCUT2D eigenvalue weighted by Crippen LogP contribution is -2.41. The lowest BCUT2D eigenvalue weighted by atomic mass is 9.97. The molecule has 8 heteroatoms. The van der Waals surface area contributed by atoms with E-state index in [1.807, 2.05) is 52.5 Å². The Morgan fingerprint density at radius 1 is 1.12 bits per heavy atom. The van der Waals surface area contributed by atoms with E-state index in [0.29, 0.717) is 18.8 Å². The predicted molar refractivity (Wildman–Crippen MR) is 121 cm³/mol. The minimum atomic E-state index is -0.479. The number of carbonyl (C=O) groups excluding carboxylic acids is 1. The van der Waals surface area contributed by atoms with Crippen molar-refractivity contribution < 1.29 is 14.3 Å². The molecular formula is C24H29N5O3. The van der Waals surface area contributed by atoms with E-state index in [9.17, 15) is 4.79 Å². The highest BCUT2D eigenvalue weighted by molar-refractivity contribution is 5.75. The van der Waals surface area contributed by atoms with Crippen molar-refractivity contribution in [3.05, 3.63) is 36.4 Å². The standard InChI is InChI=1S/C24H29N5O3/c1-24(2,3)32-23(30)28-10-8-17(9-11-28)6-7-18-13-26-29-16-19(12-21(31-5)22(18)29)20-14-25-27(4)15-20/h12-17H,8-11H2,1-5H3. The van der Waals surface area contributed by atoms with Crippen molar-refractivity contribution in [2.45, 2.75) is 39.2 Å². The summed E-state index contributed by atoms with van der Waals surface area (Å²) >= 11 is 0. The molecule has 3 aromatic heterocycles. The molecule has 4 heterocycles. The number of aromatic nitrogens is 4. The maximum absolute atomic E-state index is 12.3. The predicted octanol–water partition coefficient (Wildman–Crippen LogP) is 3.74. The first kappa shape index (κ1) is 21.8. The number of hydrogen-bond acceptors (Lipinski definition) is 5. The lowest BCUT2D eigenvalue weighted by molar-refractivity contribution is 0.0199. The van der Waals surface area contributed by atoms with Gasteiger partial charge in [0, 0.05) is 49.6 Å². The molecule has 0 spiro atoms. The van der Waals surface area contributed by atoms with E-state index in [-0.39, 0.29) is 12.0 Å². The van der Waals surface area contributed by atoms with Crippen molar-refractivity contribution in [2.75, 3.05) is 20.2 Å². The highest BCUT2D eigenvalue weighted by Gasteiger charge is 2.26. The Hall–Kier alpha value is -3.47. The van der Waals surface area contributed by atoms with Gasteiger partial charge in [0.25, 0.3) is 0 Å².